The molecule has 0 aliphatic heterocycles. The summed E-state index contributed by atoms with van der Waals surface area (Å²) >= 11 is 0. The van der Waals surface area contributed by atoms with Gasteiger partial charge in [-0.1, -0.05) is 12.5 Å². The molecule has 2 aromatic carbocycles. The molecule has 1 heterocycles. The minimum atomic E-state index is -1.33. The van der Waals surface area contributed by atoms with Crippen molar-refractivity contribution >= 4 is 40.7 Å². The smallest absolute Gasteiger partial charge is 0.269 e. The third-order valence-corrected chi connectivity index (χ3v) is 6.15. The molecule has 2 amide bonds. The molecule has 1 aliphatic rings. The predicted molar refractivity (Wildman–Crippen MR) is 130 cm³/mol. The highest BCUT2D eigenvalue weighted by atomic mass is 16.6. The molecule has 176 valence electrons. The maximum atomic E-state index is 13.6. The van der Waals surface area contributed by atoms with Crippen LogP contribution in [0.3, 0.4) is 0 Å². The molecule has 2 N–H and O–H groups in total. The summed E-state index contributed by atoms with van der Waals surface area (Å²) in [5, 5.41) is 11.1. The van der Waals surface area contributed by atoms with Crippen LogP contribution in [0.15, 0.2) is 79.1 Å². The summed E-state index contributed by atoms with van der Waals surface area (Å²) < 4.78 is 0. The minimum absolute atomic E-state index is 0.128. The SMILES string of the molecule is NC(=O)C1(C(=O)N(c2ccc(C(=O)/C=C/c3ccncc3)cc2)c2ccc([N+](=O)[O-])cc2)CCC1. The monoisotopic (exact) mass is 470 g/mol. The summed E-state index contributed by atoms with van der Waals surface area (Å²) in [6, 6.07) is 15.4. The summed E-state index contributed by atoms with van der Waals surface area (Å²) in [5.74, 6) is -1.43. The van der Waals surface area contributed by atoms with Crippen molar-refractivity contribution in [2.45, 2.75) is 19.3 Å². The standard InChI is InChI=1S/C26H22N4O5/c27-24(32)26(14-1-15-26)25(33)29(21-7-9-22(10-8-21)30(34)35)20-5-3-19(4-6-20)23(31)11-2-18-12-16-28-17-13-18/h2-13,16-17H,1,14-15H2,(H2,27,32)/b11-2+. The lowest BCUT2D eigenvalue weighted by molar-refractivity contribution is -0.384. The van der Waals surface area contributed by atoms with Crippen molar-refractivity contribution in [3.63, 3.8) is 0 Å². The Labute approximate surface area is 201 Å². The number of nitrogens with zero attached hydrogens (tertiary/aromatic N) is 3. The van der Waals surface area contributed by atoms with Gasteiger partial charge in [0.25, 0.3) is 5.69 Å². The topological polar surface area (TPSA) is 136 Å². The molecule has 0 atom stereocenters. The van der Waals surface area contributed by atoms with E-state index in [9.17, 15) is 24.5 Å². The number of allylic oxidation sites excluding steroid dienone is 1. The van der Waals surface area contributed by atoms with Crippen LogP contribution in [-0.4, -0.2) is 27.5 Å². The number of benzene rings is 2. The molecule has 0 bridgehead atoms. The Morgan fingerprint density at radius 1 is 0.943 bits per heavy atom. The highest BCUT2D eigenvalue weighted by Crippen LogP contribution is 2.45. The normalized spacial score (nSPS) is 14.2. The van der Waals surface area contributed by atoms with Crippen LogP contribution in [0.4, 0.5) is 17.1 Å². The van der Waals surface area contributed by atoms with Gasteiger partial charge in [0.2, 0.25) is 11.8 Å². The molecule has 9 heteroatoms. The van der Waals surface area contributed by atoms with Gasteiger partial charge in [0.1, 0.15) is 5.41 Å². The fourth-order valence-corrected chi connectivity index (χ4v) is 3.93. The van der Waals surface area contributed by atoms with Gasteiger partial charge in [-0.3, -0.25) is 34.4 Å². The first-order chi connectivity index (χ1) is 16.8. The summed E-state index contributed by atoms with van der Waals surface area (Å²) in [7, 11) is 0. The number of amides is 2. The number of primary amides is 1. The lowest BCUT2D eigenvalue weighted by Crippen LogP contribution is -2.54. The van der Waals surface area contributed by atoms with E-state index in [4.69, 9.17) is 5.73 Å². The van der Waals surface area contributed by atoms with Crippen LogP contribution >= 0.6 is 0 Å². The molecule has 0 radical (unpaired) electrons. The number of nitro groups is 1. The van der Waals surface area contributed by atoms with Gasteiger partial charge in [-0.2, -0.15) is 0 Å². The van der Waals surface area contributed by atoms with Gasteiger partial charge in [0, 0.05) is 41.5 Å². The zero-order valence-electron chi connectivity index (χ0n) is 18.7. The van der Waals surface area contributed by atoms with E-state index in [2.05, 4.69) is 4.98 Å². The van der Waals surface area contributed by atoms with Crippen LogP contribution < -0.4 is 10.6 Å². The van der Waals surface area contributed by atoms with Gasteiger partial charge in [-0.15, -0.1) is 0 Å². The highest BCUT2D eigenvalue weighted by Gasteiger charge is 2.52. The number of hydrogen-bond acceptors (Lipinski definition) is 6. The van der Waals surface area contributed by atoms with Gasteiger partial charge >= 0.3 is 0 Å². The number of carbonyl (C=O) groups excluding carboxylic acids is 3. The number of non-ortho nitro benzene ring substituents is 1. The second-order valence-corrected chi connectivity index (χ2v) is 8.24. The summed E-state index contributed by atoms with van der Waals surface area (Å²) in [6.45, 7) is 0. The third kappa shape index (κ3) is 4.70. The molecule has 9 nitrogen and oxygen atoms in total. The lowest BCUT2D eigenvalue weighted by atomic mass is 9.67. The zero-order valence-corrected chi connectivity index (χ0v) is 18.7. The number of nitro benzene ring substituents is 1. The average molecular weight is 470 g/mol. The number of nitrogens with two attached hydrogens (primary N) is 1. The molecule has 4 rings (SSSR count). The van der Waals surface area contributed by atoms with Crippen LogP contribution in [0, 0.1) is 15.5 Å². The second kappa shape index (κ2) is 9.68. The minimum Gasteiger partial charge on any atom is -0.369 e. The molecule has 1 fully saturated rings. The Hall–Kier alpha value is -4.66. The van der Waals surface area contributed by atoms with E-state index >= 15 is 0 Å². The number of rotatable bonds is 8. The van der Waals surface area contributed by atoms with Gasteiger partial charge in [0.15, 0.2) is 5.78 Å². The fourth-order valence-electron chi connectivity index (χ4n) is 3.93. The molecule has 0 spiro atoms. The quantitative estimate of drug-likeness (QED) is 0.172. The first kappa shape index (κ1) is 23.5. The van der Waals surface area contributed by atoms with Gasteiger partial charge in [-0.25, -0.2) is 0 Å². The Balaban J connectivity index is 1.66. The summed E-state index contributed by atoms with van der Waals surface area (Å²) in [4.78, 5) is 54.2. The third-order valence-electron chi connectivity index (χ3n) is 6.15. The molecule has 0 saturated heterocycles. The Morgan fingerprint density at radius 3 is 2.00 bits per heavy atom. The van der Waals surface area contributed by atoms with Gasteiger partial charge < -0.3 is 5.73 Å². The van der Waals surface area contributed by atoms with Crippen LogP contribution in [0.2, 0.25) is 0 Å². The van der Waals surface area contributed by atoms with E-state index in [0.717, 1.165) is 5.56 Å². The van der Waals surface area contributed by atoms with E-state index in [-0.39, 0.29) is 11.5 Å². The molecule has 3 aromatic rings. The van der Waals surface area contributed by atoms with E-state index in [0.29, 0.717) is 36.2 Å². The van der Waals surface area contributed by atoms with Crippen molar-refractivity contribution in [2.24, 2.45) is 11.1 Å². The molecule has 1 aliphatic carbocycles. The molecule has 1 saturated carbocycles. The van der Waals surface area contributed by atoms with Crippen LogP contribution in [0.1, 0.15) is 35.2 Å². The summed E-state index contributed by atoms with van der Waals surface area (Å²) in [5.41, 5.74) is 6.14. The largest absolute Gasteiger partial charge is 0.369 e. The number of anilines is 2. The van der Waals surface area contributed by atoms with Crippen molar-refractivity contribution in [3.05, 3.63) is 100 Å². The van der Waals surface area contributed by atoms with Crippen molar-refractivity contribution in [1.29, 1.82) is 0 Å². The maximum absolute atomic E-state index is 13.6. The van der Waals surface area contributed by atoms with E-state index < -0.39 is 22.2 Å². The molecule has 0 unspecified atom stereocenters. The number of ketones is 1. The van der Waals surface area contributed by atoms with Crippen molar-refractivity contribution in [2.75, 3.05) is 4.90 Å². The van der Waals surface area contributed by atoms with Crippen molar-refractivity contribution in [1.82, 2.24) is 4.98 Å². The van der Waals surface area contributed by atoms with Crippen LogP contribution in [0.5, 0.6) is 0 Å². The second-order valence-electron chi connectivity index (χ2n) is 8.24. The van der Waals surface area contributed by atoms with E-state index in [1.807, 2.05) is 0 Å². The highest BCUT2D eigenvalue weighted by molar-refractivity contribution is 6.15. The van der Waals surface area contributed by atoms with Crippen molar-refractivity contribution < 1.29 is 19.3 Å². The number of carbonyl (C=O) groups is 3. The Bertz CT molecular complexity index is 1300. The van der Waals surface area contributed by atoms with Gasteiger partial charge in [-0.05, 0) is 73.0 Å². The number of pyridine rings is 1. The first-order valence-corrected chi connectivity index (χ1v) is 10.9. The molecule has 1 aromatic heterocycles. The number of hydrogen-bond donors (Lipinski definition) is 1. The Morgan fingerprint density at radius 2 is 1.51 bits per heavy atom. The van der Waals surface area contributed by atoms with Crippen LogP contribution in [-0.2, 0) is 9.59 Å². The van der Waals surface area contributed by atoms with E-state index in [1.54, 1.807) is 54.9 Å². The average Bonchev–Trinajstić information content (AvgIpc) is 2.83. The maximum Gasteiger partial charge on any atom is 0.269 e. The Kier molecular flexibility index (Phi) is 6.50. The molecule has 35 heavy (non-hydrogen) atoms. The lowest BCUT2D eigenvalue weighted by Gasteiger charge is -2.40. The zero-order chi connectivity index (χ0) is 25.0. The van der Waals surface area contributed by atoms with E-state index in [1.165, 1.54) is 35.2 Å². The van der Waals surface area contributed by atoms with Crippen molar-refractivity contribution in [3.8, 4) is 0 Å². The first-order valence-electron chi connectivity index (χ1n) is 10.9. The molecular formula is C26H22N4O5. The predicted octanol–water partition coefficient (Wildman–Crippen LogP) is 4.21. The molecular weight excluding hydrogens is 448 g/mol. The van der Waals surface area contributed by atoms with Gasteiger partial charge in [0.05, 0.1) is 4.92 Å². The number of aromatic nitrogens is 1. The summed E-state index contributed by atoms with van der Waals surface area (Å²) in [6.07, 6.45) is 7.74. The van der Waals surface area contributed by atoms with Crippen LogP contribution in [0.25, 0.3) is 6.08 Å². The fraction of sp³-hybridized carbons (Fsp3) is 0.154.